The second-order valence-corrected chi connectivity index (χ2v) is 9.27. The topological polar surface area (TPSA) is 52.1 Å². The van der Waals surface area contributed by atoms with E-state index in [1.54, 1.807) is 0 Å². The Kier molecular flexibility index (Phi) is 10.7. The van der Waals surface area contributed by atoms with Crippen LogP contribution >= 0.6 is 35.3 Å². The molecule has 4 rings (SSSR count). The van der Waals surface area contributed by atoms with Crippen LogP contribution in [-0.4, -0.2) is 68.7 Å². The van der Waals surface area contributed by atoms with E-state index in [-0.39, 0.29) is 24.0 Å². The molecule has 2 aromatic rings. The molecule has 0 spiro atoms. The Morgan fingerprint density at radius 3 is 2.56 bits per heavy atom. The smallest absolute Gasteiger partial charge is 0.191 e. The lowest BCUT2D eigenvalue weighted by atomic mass is 10.1. The van der Waals surface area contributed by atoms with Gasteiger partial charge >= 0.3 is 0 Å². The lowest BCUT2D eigenvalue weighted by molar-refractivity contribution is 0.0342. The van der Waals surface area contributed by atoms with Gasteiger partial charge < -0.3 is 15.4 Å². The second kappa shape index (κ2) is 13.5. The SMILES string of the molecule is CN=C(NCc1cccc(CN2CCOCC2)c1)NCC(c1cccs1)N1CCCC1.I. The van der Waals surface area contributed by atoms with Gasteiger partial charge in [0.1, 0.15) is 0 Å². The average Bonchev–Trinajstić information content (AvgIpc) is 3.52. The molecule has 8 heteroatoms. The molecule has 2 aliphatic rings. The third kappa shape index (κ3) is 7.41. The van der Waals surface area contributed by atoms with Gasteiger partial charge in [-0.1, -0.05) is 30.3 Å². The zero-order valence-electron chi connectivity index (χ0n) is 19.0. The van der Waals surface area contributed by atoms with E-state index in [2.05, 4.69) is 67.2 Å². The average molecular weight is 570 g/mol. The van der Waals surface area contributed by atoms with E-state index in [0.717, 1.165) is 51.9 Å². The van der Waals surface area contributed by atoms with Gasteiger partial charge in [-0.15, -0.1) is 35.3 Å². The summed E-state index contributed by atoms with van der Waals surface area (Å²) in [6, 6.07) is 13.7. The number of hydrogen-bond donors (Lipinski definition) is 2. The molecule has 2 saturated heterocycles. The Morgan fingerprint density at radius 2 is 1.84 bits per heavy atom. The lowest BCUT2D eigenvalue weighted by Gasteiger charge is -2.27. The Bertz CT molecular complexity index is 820. The first-order chi connectivity index (χ1) is 15.3. The maximum atomic E-state index is 5.46. The minimum absolute atomic E-state index is 0. The molecule has 0 aliphatic carbocycles. The van der Waals surface area contributed by atoms with E-state index in [0.29, 0.717) is 6.04 Å². The number of likely N-dealkylation sites (tertiary alicyclic amines) is 1. The van der Waals surface area contributed by atoms with Crippen LogP contribution in [0.5, 0.6) is 0 Å². The highest BCUT2D eigenvalue weighted by Crippen LogP contribution is 2.27. The molecule has 2 aliphatic heterocycles. The molecular weight excluding hydrogens is 533 g/mol. The molecule has 0 radical (unpaired) electrons. The van der Waals surface area contributed by atoms with Gasteiger partial charge in [0.05, 0.1) is 19.3 Å². The van der Waals surface area contributed by atoms with Gasteiger partial charge in [0.25, 0.3) is 0 Å². The molecule has 2 N–H and O–H groups in total. The molecule has 1 atom stereocenters. The maximum absolute atomic E-state index is 5.46. The van der Waals surface area contributed by atoms with Gasteiger partial charge in [-0.25, -0.2) is 0 Å². The van der Waals surface area contributed by atoms with Crippen molar-refractivity contribution in [1.82, 2.24) is 20.4 Å². The predicted octanol–water partition coefficient (Wildman–Crippen LogP) is 3.70. The number of morpholine rings is 1. The molecule has 0 saturated carbocycles. The molecule has 0 amide bonds. The fourth-order valence-corrected chi connectivity index (χ4v) is 5.26. The third-order valence-corrected chi connectivity index (χ3v) is 7.07. The van der Waals surface area contributed by atoms with E-state index < -0.39 is 0 Å². The zero-order valence-corrected chi connectivity index (χ0v) is 22.1. The van der Waals surface area contributed by atoms with Crippen molar-refractivity contribution in [2.75, 3.05) is 53.0 Å². The number of guanidine groups is 1. The van der Waals surface area contributed by atoms with Crippen LogP contribution in [0.25, 0.3) is 0 Å². The lowest BCUT2D eigenvalue weighted by Crippen LogP contribution is -2.42. The highest BCUT2D eigenvalue weighted by atomic mass is 127. The molecule has 1 aromatic carbocycles. The van der Waals surface area contributed by atoms with Crippen LogP contribution in [0.15, 0.2) is 46.8 Å². The van der Waals surface area contributed by atoms with Gasteiger partial charge in [0.2, 0.25) is 0 Å². The van der Waals surface area contributed by atoms with Crippen LogP contribution in [0.2, 0.25) is 0 Å². The minimum atomic E-state index is 0. The number of nitrogens with one attached hydrogen (secondary N) is 2. The first kappa shape index (κ1) is 25.4. The van der Waals surface area contributed by atoms with Crippen LogP contribution in [-0.2, 0) is 17.8 Å². The summed E-state index contributed by atoms with van der Waals surface area (Å²) in [6.45, 7) is 8.71. The fourth-order valence-electron chi connectivity index (χ4n) is 4.40. The molecule has 2 fully saturated rings. The third-order valence-electron chi connectivity index (χ3n) is 6.10. The quantitative estimate of drug-likeness (QED) is 0.289. The summed E-state index contributed by atoms with van der Waals surface area (Å²) in [5, 5.41) is 9.24. The van der Waals surface area contributed by atoms with Crippen molar-refractivity contribution >= 4 is 41.3 Å². The number of ether oxygens (including phenoxy) is 1. The second-order valence-electron chi connectivity index (χ2n) is 8.29. The van der Waals surface area contributed by atoms with Crippen LogP contribution in [0.4, 0.5) is 0 Å². The highest BCUT2D eigenvalue weighted by molar-refractivity contribution is 14.0. The Hall–Kier alpha value is -1.20. The van der Waals surface area contributed by atoms with Crippen molar-refractivity contribution in [3.05, 3.63) is 57.8 Å². The highest BCUT2D eigenvalue weighted by Gasteiger charge is 2.24. The van der Waals surface area contributed by atoms with E-state index in [9.17, 15) is 0 Å². The van der Waals surface area contributed by atoms with Crippen molar-refractivity contribution in [3.63, 3.8) is 0 Å². The fraction of sp³-hybridized carbons (Fsp3) is 0.542. The molecule has 176 valence electrons. The van der Waals surface area contributed by atoms with Gasteiger partial charge in [-0.3, -0.25) is 14.8 Å². The van der Waals surface area contributed by atoms with Crippen LogP contribution in [0.1, 0.15) is 34.9 Å². The standard InChI is InChI=1S/C24H35N5OS.HI/c1-25-24(27-18-22(23-8-5-15-31-23)29-9-2-3-10-29)26-17-20-6-4-7-21(16-20)19-28-11-13-30-14-12-28;/h4-8,15-16,22H,2-3,9-14,17-19H2,1H3,(H2,25,26,27);1H. The largest absolute Gasteiger partial charge is 0.379 e. The van der Waals surface area contributed by atoms with Crippen molar-refractivity contribution in [2.45, 2.75) is 32.0 Å². The zero-order chi connectivity index (χ0) is 21.3. The van der Waals surface area contributed by atoms with Gasteiger partial charge in [0.15, 0.2) is 5.96 Å². The molecule has 6 nitrogen and oxygen atoms in total. The number of halogens is 1. The summed E-state index contributed by atoms with van der Waals surface area (Å²) in [7, 11) is 1.85. The first-order valence-electron chi connectivity index (χ1n) is 11.4. The van der Waals surface area contributed by atoms with Gasteiger partial charge in [0, 0.05) is 44.6 Å². The number of thiophene rings is 1. The van der Waals surface area contributed by atoms with Crippen molar-refractivity contribution in [2.24, 2.45) is 4.99 Å². The number of hydrogen-bond acceptors (Lipinski definition) is 5. The van der Waals surface area contributed by atoms with Crippen LogP contribution < -0.4 is 10.6 Å². The summed E-state index contributed by atoms with van der Waals surface area (Å²) >= 11 is 1.85. The Balaban J connectivity index is 0.00000289. The number of aliphatic imine (C=N–C) groups is 1. The summed E-state index contributed by atoms with van der Waals surface area (Å²) in [4.78, 5) is 10.9. The number of nitrogens with zero attached hydrogens (tertiary/aromatic N) is 3. The van der Waals surface area contributed by atoms with E-state index in [1.165, 1.54) is 41.9 Å². The monoisotopic (exact) mass is 569 g/mol. The van der Waals surface area contributed by atoms with Gasteiger partial charge in [-0.2, -0.15) is 0 Å². The molecule has 3 heterocycles. The molecule has 0 bridgehead atoms. The summed E-state index contributed by atoms with van der Waals surface area (Å²) in [5.41, 5.74) is 2.64. The Labute approximate surface area is 213 Å². The predicted molar refractivity (Wildman–Crippen MR) is 144 cm³/mol. The summed E-state index contributed by atoms with van der Waals surface area (Å²) < 4.78 is 5.46. The van der Waals surface area contributed by atoms with Crippen LogP contribution in [0.3, 0.4) is 0 Å². The molecular formula is C24H36IN5OS. The van der Waals surface area contributed by atoms with Crippen molar-refractivity contribution in [1.29, 1.82) is 0 Å². The molecule has 1 aromatic heterocycles. The minimum Gasteiger partial charge on any atom is -0.379 e. The number of rotatable bonds is 8. The molecule has 1 unspecified atom stereocenters. The van der Waals surface area contributed by atoms with E-state index in [4.69, 9.17) is 4.74 Å². The summed E-state index contributed by atoms with van der Waals surface area (Å²) in [6.07, 6.45) is 2.60. The number of benzene rings is 1. The van der Waals surface area contributed by atoms with E-state index in [1.807, 2.05) is 18.4 Å². The van der Waals surface area contributed by atoms with Crippen molar-refractivity contribution < 1.29 is 4.74 Å². The van der Waals surface area contributed by atoms with E-state index >= 15 is 0 Å². The van der Waals surface area contributed by atoms with Crippen molar-refractivity contribution in [3.8, 4) is 0 Å². The normalized spacial score (nSPS) is 18.8. The van der Waals surface area contributed by atoms with Gasteiger partial charge in [-0.05, 0) is 48.5 Å². The molecule has 32 heavy (non-hydrogen) atoms. The Morgan fingerprint density at radius 1 is 1.06 bits per heavy atom. The van der Waals surface area contributed by atoms with Crippen LogP contribution in [0, 0.1) is 0 Å². The maximum Gasteiger partial charge on any atom is 0.191 e. The first-order valence-corrected chi connectivity index (χ1v) is 12.3. The summed E-state index contributed by atoms with van der Waals surface area (Å²) in [5.74, 6) is 0.860.